The van der Waals surface area contributed by atoms with Crippen LogP contribution in [0.2, 0.25) is 5.02 Å². The summed E-state index contributed by atoms with van der Waals surface area (Å²) in [7, 11) is 0. The summed E-state index contributed by atoms with van der Waals surface area (Å²) < 4.78 is 2.07. The molecule has 0 N–H and O–H groups in total. The number of alkyl halides is 1. The lowest BCUT2D eigenvalue weighted by Gasteiger charge is -2.09. The quantitative estimate of drug-likeness (QED) is 0.647. The van der Waals surface area contributed by atoms with Gasteiger partial charge in [-0.1, -0.05) is 11.6 Å². The smallest absolute Gasteiger partial charge is 0.160 e. The zero-order valence-corrected chi connectivity index (χ0v) is 13.4. The molecule has 3 heterocycles. The van der Waals surface area contributed by atoms with Crippen molar-refractivity contribution >= 4 is 45.7 Å². The van der Waals surface area contributed by atoms with Gasteiger partial charge in [-0.2, -0.15) is 0 Å². The van der Waals surface area contributed by atoms with Crippen LogP contribution in [0.4, 0.5) is 0 Å². The van der Waals surface area contributed by atoms with Crippen LogP contribution in [0.3, 0.4) is 0 Å². The third-order valence-electron chi connectivity index (χ3n) is 3.21. The fraction of sp³-hybridized carbons (Fsp3) is 0.286. The van der Waals surface area contributed by atoms with Gasteiger partial charge >= 0.3 is 0 Å². The zero-order chi connectivity index (χ0) is 14.3. The number of aromatic nitrogens is 3. The summed E-state index contributed by atoms with van der Waals surface area (Å²) in [5.41, 5.74) is 2.89. The number of pyridine rings is 1. The van der Waals surface area contributed by atoms with Gasteiger partial charge in [-0.3, -0.25) is 0 Å². The molecule has 0 spiro atoms. The van der Waals surface area contributed by atoms with Crippen LogP contribution >= 0.6 is 34.5 Å². The highest BCUT2D eigenvalue weighted by molar-refractivity contribution is 7.10. The molecule has 1 unspecified atom stereocenters. The highest BCUT2D eigenvalue weighted by Crippen LogP contribution is 2.27. The second-order valence-corrected chi connectivity index (χ2v) is 6.79. The molecule has 0 amide bonds. The molecule has 3 rings (SSSR count). The molecule has 6 heteroatoms. The van der Waals surface area contributed by atoms with Gasteiger partial charge < -0.3 is 4.57 Å². The van der Waals surface area contributed by atoms with Crippen LogP contribution in [0.5, 0.6) is 0 Å². The SMILES string of the molecule is Cc1ccsc1Cn1c(C(C)Cl)nc2cc(Cl)cnc21. The van der Waals surface area contributed by atoms with Crippen molar-refractivity contribution in [3.8, 4) is 0 Å². The minimum atomic E-state index is -0.178. The molecule has 0 bridgehead atoms. The predicted octanol–water partition coefficient (Wildman–Crippen LogP) is 4.80. The number of rotatable bonds is 3. The first kappa shape index (κ1) is 13.9. The second-order valence-electron chi connectivity index (χ2n) is 4.70. The van der Waals surface area contributed by atoms with Gasteiger partial charge in [0.15, 0.2) is 5.65 Å². The summed E-state index contributed by atoms with van der Waals surface area (Å²) in [5.74, 6) is 0.823. The van der Waals surface area contributed by atoms with E-state index >= 15 is 0 Å². The van der Waals surface area contributed by atoms with Crippen molar-refractivity contribution in [2.45, 2.75) is 25.8 Å². The molecule has 3 nitrogen and oxygen atoms in total. The first-order chi connectivity index (χ1) is 9.56. The molecule has 0 aliphatic heterocycles. The van der Waals surface area contributed by atoms with Crippen molar-refractivity contribution in [3.63, 3.8) is 0 Å². The summed E-state index contributed by atoms with van der Waals surface area (Å²) in [6.45, 7) is 4.77. The Morgan fingerprint density at radius 2 is 2.25 bits per heavy atom. The number of imidazole rings is 1. The Hall–Kier alpha value is -1.10. The maximum Gasteiger partial charge on any atom is 0.160 e. The molecular formula is C14H13Cl2N3S. The van der Waals surface area contributed by atoms with Gasteiger partial charge in [0.2, 0.25) is 0 Å². The van der Waals surface area contributed by atoms with Crippen molar-refractivity contribution in [2.24, 2.45) is 0 Å². The minimum absolute atomic E-state index is 0.178. The van der Waals surface area contributed by atoms with E-state index in [4.69, 9.17) is 23.2 Å². The first-order valence-electron chi connectivity index (χ1n) is 6.25. The van der Waals surface area contributed by atoms with Crippen LogP contribution in [0.25, 0.3) is 11.2 Å². The van der Waals surface area contributed by atoms with Crippen molar-refractivity contribution in [2.75, 3.05) is 0 Å². The van der Waals surface area contributed by atoms with E-state index in [-0.39, 0.29) is 5.38 Å². The van der Waals surface area contributed by atoms with Gasteiger partial charge in [-0.05, 0) is 36.9 Å². The number of fused-ring (bicyclic) bond motifs is 1. The van der Waals surface area contributed by atoms with Crippen molar-refractivity contribution in [3.05, 3.63) is 45.0 Å². The maximum absolute atomic E-state index is 6.26. The molecule has 0 radical (unpaired) electrons. The molecule has 104 valence electrons. The highest BCUT2D eigenvalue weighted by Gasteiger charge is 2.17. The third-order valence-corrected chi connectivity index (χ3v) is 4.62. The van der Waals surface area contributed by atoms with Crippen molar-refractivity contribution in [1.82, 2.24) is 14.5 Å². The van der Waals surface area contributed by atoms with Crippen LogP contribution in [0.15, 0.2) is 23.7 Å². The van der Waals surface area contributed by atoms with E-state index in [0.29, 0.717) is 5.02 Å². The van der Waals surface area contributed by atoms with Crippen molar-refractivity contribution < 1.29 is 0 Å². The van der Waals surface area contributed by atoms with Gasteiger partial charge in [-0.25, -0.2) is 9.97 Å². The fourth-order valence-corrected chi connectivity index (χ4v) is 3.39. The Labute approximate surface area is 131 Å². The molecule has 3 aromatic rings. The minimum Gasteiger partial charge on any atom is -0.306 e. The molecule has 0 aliphatic carbocycles. The Bertz CT molecular complexity index is 761. The molecule has 0 aliphatic rings. The summed E-state index contributed by atoms with van der Waals surface area (Å²) in [5, 5.41) is 2.50. The lowest BCUT2D eigenvalue weighted by molar-refractivity contribution is 0.741. The fourth-order valence-electron chi connectivity index (χ4n) is 2.17. The number of aryl methyl sites for hydroxylation is 1. The van der Waals surface area contributed by atoms with Crippen LogP contribution < -0.4 is 0 Å². The summed E-state index contributed by atoms with van der Waals surface area (Å²) >= 11 is 14.0. The number of halogens is 2. The monoisotopic (exact) mass is 325 g/mol. The van der Waals surface area contributed by atoms with Crippen LogP contribution in [-0.2, 0) is 6.54 Å². The van der Waals surface area contributed by atoms with Gasteiger partial charge in [0.05, 0.1) is 16.9 Å². The number of thiophene rings is 1. The molecule has 0 saturated heterocycles. The van der Waals surface area contributed by atoms with Crippen molar-refractivity contribution in [1.29, 1.82) is 0 Å². The summed E-state index contributed by atoms with van der Waals surface area (Å²) in [6, 6.07) is 3.94. The molecule has 1 atom stereocenters. The van der Waals surface area contributed by atoms with E-state index in [0.717, 1.165) is 23.5 Å². The second kappa shape index (κ2) is 5.35. The maximum atomic E-state index is 6.26. The zero-order valence-electron chi connectivity index (χ0n) is 11.1. The molecule has 0 fully saturated rings. The van der Waals surface area contributed by atoms with E-state index in [1.54, 1.807) is 17.5 Å². The number of hydrogen-bond acceptors (Lipinski definition) is 3. The molecular weight excluding hydrogens is 313 g/mol. The lowest BCUT2D eigenvalue weighted by atomic mass is 10.3. The molecule has 3 aromatic heterocycles. The summed E-state index contributed by atoms with van der Waals surface area (Å²) in [4.78, 5) is 10.3. The van der Waals surface area contributed by atoms with Gasteiger partial charge in [-0.15, -0.1) is 22.9 Å². The Morgan fingerprint density at radius 3 is 2.90 bits per heavy atom. The average Bonchev–Trinajstić information content (AvgIpc) is 2.95. The van der Waals surface area contributed by atoms with Gasteiger partial charge in [0, 0.05) is 11.1 Å². The average molecular weight is 326 g/mol. The number of hydrogen-bond donors (Lipinski definition) is 0. The molecule has 20 heavy (non-hydrogen) atoms. The van der Waals surface area contributed by atoms with Crippen LogP contribution in [0.1, 0.15) is 28.6 Å². The largest absolute Gasteiger partial charge is 0.306 e. The normalized spacial score (nSPS) is 13.0. The predicted molar refractivity (Wildman–Crippen MR) is 85.0 cm³/mol. The standard InChI is InChI=1S/C14H13Cl2N3S/c1-8-3-4-20-12(8)7-19-13(9(2)15)18-11-5-10(16)6-17-14(11)19/h3-6,9H,7H2,1-2H3. The highest BCUT2D eigenvalue weighted by atomic mass is 35.5. The molecule has 0 saturated carbocycles. The number of nitrogens with zero attached hydrogens (tertiary/aromatic N) is 3. The van der Waals surface area contributed by atoms with Crippen LogP contribution in [0, 0.1) is 6.92 Å². The topological polar surface area (TPSA) is 30.7 Å². The van der Waals surface area contributed by atoms with E-state index < -0.39 is 0 Å². The van der Waals surface area contributed by atoms with Crippen LogP contribution in [-0.4, -0.2) is 14.5 Å². The Morgan fingerprint density at radius 1 is 1.45 bits per heavy atom. The summed E-state index contributed by atoms with van der Waals surface area (Å²) in [6.07, 6.45) is 1.64. The van der Waals surface area contributed by atoms with Gasteiger partial charge in [0.25, 0.3) is 0 Å². The van der Waals surface area contributed by atoms with E-state index in [2.05, 4.69) is 32.9 Å². The lowest BCUT2D eigenvalue weighted by Crippen LogP contribution is -2.06. The Kier molecular flexibility index (Phi) is 3.71. The Balaban J connectivity index is 2.16. The van der Waals surface area contributed by atoms with E-state index in [1.165, 1.54) is 10.4 Å². The van der Waals surface area contributed by atoms with E-state index in [9.17, 15) is 0 Å². The first-order valence-corrected chi connectivity index (χ1v) is 7.94. The van der Waals surface area contributed by atoms with E-state index in [1.807, 2.05) is 13.0 Å². The van der Waals surface area contributed by atoms with Gasteiger partial charge in [0.1, 0.15) is 11.3 Å². The molecule has 0 aromatic carbocycles. The third kappa shape index (κ3) is 2.43.